The van der Waals surface area contributed by atoms with Gasteiger partial charge in [0.2, 0.25) is 0 Å². The molecule has 0 saturated heterocycles. The van der Waals surface area contributed by atoms with E-state index in [4.69, 9.17) is 4.42 Å². The maximum absolute atomic E-state index is 11.9. The molecule has 5 nitrogen and oxygen atoms in total. The van der Waals surface area contributed by atoms with Crippen LogP contribution in [0.5, 0.6) is 0 Å². The highest BCUT2D eigenvalue weighted by atomic mass is 32.2. The quantitative estimate of drug-likeness (QED) is 0.382. The van der Waals surface area contributed by atoms with Gasteiger partial charge in [-0.3, -0.25) is 0 Å². The van der Waals surface area contributed by atoms with Crippen LogP contribution in [0.15, 0.2) is 56.1 Å². The minimum absolute atomic E-state index is 0.324. The van der Waals surface area contributed by atoms with E-state index < -0.39 is 0 Å². The van der Waals surface area contributed by atoms with Crippen molar-refractivity contribution >= 4 is 34.1 Å². The summed E-state index contributed by atoms with van der Waals surface area (Å²) < 4.78 is 7.34. The molecule has 0 aliphatic heterocycles. The molecule has 0 saturated carbocycles. The largest absolute Gasteiger partial charge is 0.423 e. The van der Waals surface area contributed by atoms with Crippen LogP contribution in [0.25, 0.3) is 11.0 Å². The van der Waals surface area contributed by atoms with Crippen LogP contribution in [0, 0.1) is 6.92 Å². The van der Waals surface area contributed by atoms with E-state index in [0.717, 1.165) is 33.9 Å². The Bertz CT molecular complexity index is 1110. The fraction of sp³-hybridized carbons (Fsp3) is 0.211. The molecule has 4 rings (SSSR count). The number of hydrogen-bond acceptors (Lipinski definition) is 6. The molecule has 3 heterocycles. The van der Waals surface area contributed by atoms with Gasteiger partial charge in [-0.25, -0.2) is 4.79 Å². The molecular formula is C19H17N3O2S2. The van der Waals surface area contributed by atoms with Gasteiger partial charge in [-0.2, -0.15) is 0 Å². The van der Waals surface area contributed by atoms with Gasteiger partial charge in [-0.05, 0) is 35.6 Å². The third-order valence-electron chi connectivity index (χ3n) is 4.18. The number of aryl methyl sites for hydroxylation is 1. The van der Waals surface area contributed by atoms with E-state index in [1.807, 2.05) is 42.8 Å². The van der Waals surface area contributed by atoms with Crippen molar-refractivity contribution in [2.24, 2.45) is 7.05 Å². The average molecular weight is 383 g/mol. The number of benzene rings is 1. The number of thioether (sulfide) groups is 1. The minimum atomic E-state index is -0.324. The topological polar surface area (TPSA) is 60.9 Å². The maximum Gasteiger partial charge on any atom is 0.336 e. The zero-order valence-corrected chi connectivity index (χ0v) is 16.1. The lowest BCUT2D eigenvalue weighted by Crippen LogP contribution is -2.01. The van der Waals surface area contributed by atoms with Gasteiger partial charge >= 0.3 is 5.63 Å². The monoisotopic (exact) mass is 383 g/mol. The van der Waals surface area contributed by atoms with Crippen molar-refractivity contribution in [2.45, 2.75) is 24.3 Å². The van der Waals surface area contributed by atoms with E-state index in [1.54, 1.807) is 29.2 Å². The van der Waals surface area contributed by atoms with Crippen LogP contribution in [-0.4, -0.2) is 14.8 Å². The first kappa shape index (κ1) is 17.1. The Morgan fingerprint density at radius 1 is 1.23 bits per heavy atom. The molecule has 0 amide bonds. The Morgan fingerprint density at radius 2 is 2.12 bits per heavy atom. The Balaban J connectivity index is 1.57. The molecule has 0 atom stereocenters. The summed E-state index contributed by atoms with van der Waals surface area (Å²) in [5.74, 6) is 1.57. The summed E-state index contributed by atoms with van der Waals surface area (Å²) in [6.45, 7) is 1.98. The zero-order chi connectivity index (χ0) is 18.1. The van der Waals surface area contributed by atoms with Crippen LogP contribution in [0.2, 0.25) is 0 Å². The van der Waals surface area contributed by atoms with Crippen molar-refractivity contribution < 1.29 is 4.42 Å². The summed E-state index contributed by atoms with van der Waals surface area (Å²) in [5, 5.41) is 12.5. The van der Waals surface area contributed by atoms with Crippen LogP contribution >= 0.6 is 23.1 Å². The lowest BCUT2D eigenvalue weighted by atomic mass is 10.1. The van der Waals surface area contributed by atoms with Crippen LogP contribution in [0.3, 0.4) is 0 Å². The van der Waals surface area contributed by atoms with Crippen LogP contribution < -0.4 is 5.63 Å². The second kappa shape index (κ2) is 7.09. The van der Waals surface area contributed by atoms with Gasteiger partial charge in [0.1, 0.15) is 11.4 Å². The Labute approximate surface area is 158 Å². The summed E-state index contributed by atoms with van der Waals surface area (Å²) in [4.78, 5) is 13.1. The van der Waals surface area contributed by atoms with Crippen LogP contribution in [0.1, 0.15) is 21.8 Å². The second-order valence-corrected chi connectivity index (χ2v) is 8.07. The Kier molecular flexibility index (Phi) is 4.65. The van der Waals surface area contributed by atoms with Gasteiger partial charge < -0.3 is 8.98 Å². The lowest BCUT2D eigenvalue weighted by Gasteiger charge is -2.06. The average Bonchev–Trinajstić information content (AvgIpc) is 3.24. The number of rotatable bonds is 5. The molecule has 26 heavy (non-hydrogen) atoms. The first-order valence-corrected chi connectivity index (χ1v) is 10.0. The van der Waals surface area contributed by atoms with E-state index in [0.29, 0.717) is 11.3 Å². The standard InChI is InChI=1S/C19H17N3O2S2/c1-12-5-6-15-13(9-18(23)24-16(15)8-12)11-26-19-21-20-17(22(19)2)10-14-4-3-7-25-14/h3-9H,10-11H2,1-2H3. The van der Waals surface area contributed by atoms with Gasteiger partial charge in [0.15, 0.2) is 5.16 Å². The molecule has 0 fully saturated rings. The van der Waals surface area contributed by atoms with Gasteiger partial charge in [0, 0.05) is 35.6 Å². The van der Waals surface area contributed by atoms with E-state index in [1.165, 1.54) is 4.88 Å². The third kappa shape index (κ3) is 3.45. The summed E-state index contributed by atoms with van der Waals surface area (Å²) in [6, 6.07) is 11.6. The maximum atomic E-state index is 11.9. The first-order chi connectivity index (χ1) is 12.6. The molecule has 1 aromatic carbocycles. The number of fused-ring (bicyclic) bond motifs is 1. The van der Waals surface area contributed by atoms with Crippen molar-refractivity contribution in [1.29, 1.82) is 0 Å². The molecule has 3 aromatic heterocycles. The van der Waals surface area contributed by atoms with Crippen LogP contribution in [0.4, 0.5) is 0 Å². The molecule has 0 aliphatic carbocycles. The lowest BCUT2D eigenvalue weighted by molar-refractivity contribution is 0.559. The van der Waals surface area contributed by atoms with Crippen molar-refractivity contribution in [3.05, 3.63) is 74.0 Å². The zero-order valence-electron chi connectivity index (χ0n) is 14.4. The molecular weight excluding hydrogens is 366 g/mol. The normalized spacial score (nSPS) is 11.3. The number of thiophene rings is 1. The Hall–Kier alpha value is -2.38. The van der Waals surface area contributed by atoms with Crippen molar-refractivity contribution in [2.75, 3.05) is 0 Å². The van der Waals surface area contributed by atoms with E-state index >= 15 is 0 Å². The summed E-state index contributed by atoms with van der Waals surface area (Å²) in [7, 11) is 1.98. The van der Waals surface area contributed by atoms with E-state index in [2.05, 4.69) is 21.6 Å². The molecule has 0 unspecified atom stereocenters. The number of nitrogens with zero attached hydrogens (tertiary/aromatic N) is 3. The van der Waals surface area contributed by atoms with Crippen molar-refractivity contribution in [1.82, 2.24) is 14.8 Å². The molecule has 0 spiro atoms. The van der Waals surface area contributed by atoms with Gasteiger partial charge in [0.05, 0.1) is 0 Å². The fourth-order valence-corrected chi connectivity index (χ4v) is 4.42. The van der Waals surface area contributed by atoms with Crippen LogP contribution in [-0.2, 0) is 19.2 Å². The number of hydrogen-bond donors (Lipinski definition) is 0. The van der Waals surface area contributed by atoms with Gasteiger partial charge in [-0.15, -0.1) is 21.5 Å². The van der Waals surface area contributed by atoms with Crippen molar-refractivity contribution in [3.8, 4) is 0 Å². The summed E-state index contributed by atoms with van der Waals surface area (Å²) in [6.07, 6.45) is 0.777. The molecule has 4 aromatic rings. The third-order valence-corrected chi connectivity index (χ3v) is 6.13. The SMILES string of the molecule is Cc1ccc2c(CSc3nnc(Cc4cccs4)n3C)cc(=O)oc2c1. The highest BCUT2D eigenvalue weighted by Crippen LogP contribution is 2.26. The molecule has 7 heteroatoms. The molecule has 0 bridgehead atoms. The highest BCUT2D eigenvalue weighted by molar-refractivity contribution is 7.98. The van der Waals surface area contributed by atoms with Gasteiger partial charge in [0.25, 0.3) is 0 Å². The smallest absolute Gasteiger partial charge is 0.336 e. The van der Waals surface area contributed by atoms with E-state index in [-0.39, 0.29) is 5.63 Å². The summed E-state index contributed by atoms with van der Waals surface area (Å²) in [5.41, 5.74) is 2.32. The molecule has 0 aliphatic rings. The molecule has 0 radical (unpaired) electrons. The first-order valence-electron chi connectivity index (χ1n) is 8.17. The van der Waals surface area contributed by atoms with E-state index in [9.17, 15) is 4.79 Å². The van der Waals surface area contributed by atoms with Gasteiger partial charge in [-0.1, -0.05) is 30.0 Å². The molecule has 0 N–H and O–H groups in total. The number of aromatic nitrogens is 3. The summed E-state index contributed by atoms with van der Waals surface area (Å²) >= 11 is 3.29. The second-order valence-electron chi connectivity index (χ2n) is 6.09. The minimum Gasteiger partial charge on any atom is -0.423 e. The highest BCUT2D eigenvalue weighted by Gasteiger charge is 2.12. The predicted octanol–water partition coefficient (Wildman–Crippen LogP) is 4.17. The molecule has 132 valence electrons. The van der Waals surface area contributed by atoms with Crippen molar-refractivity contribution in [3.63, 3.8) is 0 Å². The Morgan fingerprint density at radius 3 is 2.92 bits per heavy atom. The fourth-order valence-electron chi connectivity index (χ4n) is 2.79. The predicted molar refractivity (Wildman–Crippen MR) is 105 cm³/mol.